The second kappa shape index (κ2) is 7.57. The molecule has 0 saturated carbocycles. The fourth-order valence-corrected chi connectivity index (χ4v) is 2.92. The van der Waals surface area contributed by atoms with Gasteiger partial charge in [-0.1, -0.05) is 12.1 Å². The van der Waals surface area contributed by atoms with Gasteiger partial charge in [-0.2, -0.15) is 0 Å². The van der Waals surface area contributed by atoms with Crippen molar-refractivity contribution in [2.45, 2.75) is 6.42 Å². The number of rotatable bonds is 5. The fraction of sp³-hybridized carbons (Fsp3) is 0.389. The van der Waals surface area contributed by atoms with Crippen molar-refractivity contribution in [3.05, 3.63) is 53.7 Å². The van der Waals surface area contributed by atoms with Crippen LogP contribution < -0.4 is 9.64 Å². The lowest BCUT2D eigenvalue weighted by Crippen LogP contribution is -2.47. The molecule has 1 saturated heterocycles. The number of aromatic nitrogens is 1. The van der Waals surface area contributed by atoms with E-state index < -0.39 is 11.6 Å². The molecule has 0 bridgehead atoms. The molecule has 128 valence electrons. The van der Waals surface area contributed by atoms with Gasteiger partial charge in [0.1, 0.15) is 11.6 Å². The molecule has 0 atom stereocenters. The third-order valence-electron chi connectivity index (χ3n) is 4.38. The van der Waals surface area contributed by atoms with Crippen molar-refractivity contribution in [1.82, 2.24) is 9.88 Å². The van der Waals surface area contributed by atoms with Crippen LogP contribution in [0.15, 0.2) is 36.5 Å². The van der Waals surface area contributed by atoms with Gasteiger partial charge in [0.15, 0.2) is 11.6 Å². The Bertz CT molecular complexity index is 688. The van der Waals surface area contributed by atoms with Crippen molar-refractivity contribution < 1.29 is 13.5 Å². The fourth-order valence-electron chi connectivity index (χ4n) is 2.92. The Morgan fingerprint density at radius 1 is 1.12 bits per heavy atom. The monoisotopic (exact) mass is 333 g/mol. The van der Waals surface area contributed by atoms with E-state index in [0.29, 0.717) is 12.0 Å². The molecular formula is C18H21F2N3O. The molecule has 0 radical (unpaired) electrons. The van der Waals surface area contributed by atoms with E-state index in [2.05, 4.69) is 14.8 Å². The van der Waals surface area contributed by atoms with E-state index in [1.165, 1.54) is 0 Å². The number of hydrogen-bond acceptors (Lipinski definition) is 4. The van der Waals surface area contributed by atoms with Gasteiger partial charge in [-0.3, -0.25) is 4.90 Å². The van der Waals surface area contributed by atoms with Crippen molar-refractivity contribution in [2.75, 3.05) is 44.7 Å². The van der Waals surface area contributed by atoms with Crippen LogP contribution in [0.1, 0.15) is 5.56 Å². The standard InChI is InChI=1S/C18H21F2N3O/c1-24-15-5-7-21-17(13-15)23-11-9-22(10-12-23)8-6-14-3-2-4-16(19)18(14)20/h2-5,7,13H,6,8-12H2,1H3. The summed E-state index contributed by atoms with van der Waals surface area (Å²) in [4.78, 5) is 8.86. The average molecular weight is 333 g/mol. The second-order valence-electron chi connectivity index (χ2n) is 5.85. The van der Waals surface area contributed by atoms with E-state index in [1.807, 2.05) is 12.1 Å². The SMILES string of the molecule is COc1ccnc(N2CCN(CCc3cccc(F)c3F)CC2)c1. The lowest BCUT2D eigenvalue weighted by molar-refractivity contribution is 0.259. The Labute approximate surface area is 140 Å². The normalized spacial score (nSPS) is 15.5. The van der Waals surface area contributed by atoms with Gasteiger partial charge in [-0.25, -0.2) is 13.8 Å². The maximum Gasteiger partial charge on any atom is 0.162 e. The second-order valence-corrected chi connectivity index (χ2v) is 5.85. The average Bonchev–Trinajstić information content (AvgIpc) is 2.63. The highest BCUT2D eigenvalue weighted by Gasteiger charge is 2.19. The van der Waals surface area contributed by atoms with Crippen LogP contribution in [-0.4, -0.2) is 49.7 Å². The van der Waals surface area contributed by atoms with Crippen LogP contribution >= 0.6 is 0 Å². The van der Waals surface area contributed by atoms with E-state index >= 15 is 0 Å². The van der Waals surface area contributed by atoms with E-state index in [0.717, 1.165) is 50.4 Å². The van der Waals surface area contributed by atoms with Gasteiger partial charge >= 0.3 is 0 Å². The maximum atomic E-state index is 13.7. The molecule has 0 spiro atoms. The predicted octanol–water partition coefficient (Wildman–Crippen LogP) is 2.73. The van der Waals surface area contributed by atoms with Crippen LogP contribution in [0.5, 0.6) is 5.75 Å². The number of ether oxygens (including phenoxy) is 1. The molecular weight excluding hydrogens is 312 g/mol. The molecule has 2 heterocycles. The van der Waals surface area contributed by atoms with Crippen LogP contribution in [0.25, 0.3) is 0 Å². The third kappa shape index (κ3) is 3.82. The van der Waals surface area contributed by atoms with Gasteiger partial charge in [-0.05, 0) is 24.1 Å². The molecule has 0 unspecified atom stereocenters. The van der Waals surface area contributed by atoms with E-state index in [1.54, 1.807) is 25.4 Å². The van der Waals surface area contributed by atoms with E-state index in [9.17, 15) is 8.78 Å². The van der Waals surface area contributed by atoms with Crippen LogP contribution in [0.3, 0.4) is 0 Å². The Balaban J connectivity index is 1.52. The molecule has 1 aromatic heterocycles. The molecule has 1 aromatic carbocycles. The third-order valence-corrected chi connectivity index (χ3v) is 4.38. The summed E-state index contributed by atoms with van der Waals surface area (Å²) in [5.74, 6) is 0.201. The lowest BCUT2D eigenvalue weighted by Gasteiger charge is -2.35. The summed E-state index contributed by atoms with van der Waals surface area (Å²) < 4.78 is 32.2. The highest BCUT2D eigenvalue weighted by molar-refractivity contribution is 5.44. The zero-order valence-electron chi connectivity index (χ0n) is 13.7. The molecule has 3 rings (SSSR count). The Morgan fingerprint density at radius 2 is 1.92 bits per heavy atom. The van der Waals surface area contributed by atoms with Gasteiger partial charge in [0.05, 0.1) is 7.11 Å². The van der Waals surface area contributed by atoms with Gasteiger partial charge in [-0.15, -0.1) is 0 Å². The first kappa shape index (κ1) is 16.6. The van der Waals surface area contributed by atoms with Crippen molar-refractivity contribution in [1.29, 1.82) is 0 Å². The number of halogens is 2. The van der Waals surface area contributed by atoms with Crippen molar-refractivity contribution >= 4 is 5.82 Å². The number of hydrogen-bond donors (Lipinski definition) is 0. The minimum atomic E-state index is -0.776. The molecule has 1 fully saturated rings. The Hall–Kier alpha value is -2.21. The minimum absolute atomic E-state index is 0.437. The minimum Gasteiger partial charge on any atom is -0.497 e. The van der Waals surface area contributed by atoms with Gasteiger partial charge in [0, 0.05) is 45.0 Å². The smallest absolute Gasteiger partial charge is 0.162 e. The number of nitrogens with zero attached hydrogens (tertiary/aromatic N) is 3. The summed E-state index contributed by atoms with van der Waals surface area (Å²) in [5, 5.41) is 0. The Kier molecular flexibility index (Phi) is 5.25. The number of anilines is 1. The highest BCUT2D eigenvalue weighted by atomic mass is 19.2. The molecule has 4 nitrogen and oxygen atoms in total. The Morgan fingerprint density at radius 3 is 2.67 bits per heavy atom. The molecule has 0 N–H and O–H groups in total. The molecule has 1 aliphatic heterocycles. The largest absolute Gasteiger partial charge is 0.497 e. The number of pyridine rings is 1. The van der Waals surface area contributed by atoms with Crippen molar-refractivity contribution in [2.24, 2.45) is 0 Å². The van der Waals surface area contributed by atoms with Crippen molar-refractivity contribution in [3.8, 4) is 5.75 Å². The summed E-state index contributed by atoms with van der Waals surface area (Å²) in [6.45, 7) is 4.17. The first-order chi connectivity index (χ1) is 11.7. The van der Waals surface area contributed by atoms with Gasteiger partial charge in [0.25, 0.3) is 0 Å². The van der Waals surface area contributed by atoms with Crippen molar-refractivity contribution in [3.63, 3.8) is 0 Å². The zero-order chi connectivity index (χ0) is 16.9. The van der Waals surface area contributed by atoms with Crippen LogP contribution in [0, 0.1) is 11.6 Å². The zero-order valence-corrected chi connectivity index (χ0v) is 13.7. The first-order valence-electron chi connectivity index (χ1n) is 8.07. The summed E-state index contributed by atoms with van der Waals surface area (Å²) in [7, 11) is 1.64. The summed E-state index contributed by atoms with van der Waals surface area (Å²) in [5.41, 5.74) is 0.437. The van der Waals surface area contributed by atoms with E-state index in [4.69, 9.17) is 4.74 Å². The first-order valence-corrected chi connectivity index (χ1v) is 8.07. The predicted molar refractivity (Wildman–Crippen MR) is 89.5 cm³/mol. The number of piperazine rings is 1. The lowest BCUT2D eigenvalue weighted by atomic mass is 10.1. The summed E-state index contributed by atoms with van der Waals surface area (Å²) in [6, 6.07) is 8.11. The van der Waals surface area contributed by atoms with Gasteiger partial charge in [0.2, 0.25) is 0 Å². The maximum absolute atomic E-state index is 13.7. The topological polar surface area (TPSA) is 28.6 Å². The van der Waals surface area contributed by atoms with Crippen LogP contribution in [0.4, 0.5) is 14.6 Å². The summed E-state index contributed by atoms with van der Waals surface area (Å²) >= 11 is 0. The van der Waals surface area contributed by atoms with Crippen LogP contribution in [0.2, 0.25) is 0 Å². The molecule has 24 heavy (non-hydrogen) atoms. The molecule has 1 aliphatic rings. The quantitative estimate of drug-likeness (QED) is 0.841. The van der Waals surface area contributed by atoms with Gasteiger partial charge < -0.3 is 9.64 Å². The van der Waals surface area contributed by atoms with E-state index in [-0.39, 0.29) is 0 Å². The summed E-state index contributed by atoms with van der Waals surface area (Å²) in [6.07, 6.45) is 2.26. The number of methoxy groups -OCH3 is 1. The number of benzene rings is 1. The van der Waals surface area contributed by atoms with Crippen LogP contribution in [-0.2, 0) is 6.42 Å². The molecule has 0 amide bonds. The highest BCUT2D eigenvalue weighted by Crippen LogP contribution is 2.19. The molecule has 2 aromatic rings. The molecule has 6 heteroatoms. The molecule has 0 aliphatic carbocycles.